The van der Waals surface area contributed by atoms with Crippen molar-refractivity contribution in [3.05, 3.63) is 42.5 Å². The van der Waals surface area contributed by atoms with Crippen LogP contribution in [0.25, 0.3) is 0 Å². The van der Waals surface area contributed by atoms with Gasteiger partial charge in [0.1, 0.15) is 10.7 Å². The molecule has 0 unspecified atom stereocenters. The van der Waals surface area contributed by atoms with Gasteiger partial charge in [0, 0.05) is 45.6 Å². The predicted octanol–water partition coefficient (Wildman–Crippen LogP) is 1.18. The Labute approximate surface area is 155 Å². The maximum Gasteiger partial charge on any atom is 0.246 e. The van der Waals surface area contributed by atoms with Gasteiger partial charge in [0.2, 0.25) is 15.9 Å². The number of halogens is 1. The third-order valence-corrected chi connectivity index (χ3v) is 7.12. The van der Waals surface area contributed by atoms with Crippen LogP contribution in [0.5, 0.6) is 0 Å². The third kappa shape index (κ3) is 3.92. The molecule has 1 aromatic heterocycles. The molecule has 140 valence electrons. The Morgan fingerprint density at radius 2 is 1.92 bits per heavy atom. The van der Waals surface area contributed by atoms with Crippen molar-refractivity contribution in [1.82, 2.24) is 18.8 Å². The number of benzene rings is 1. The van der Waals surface area contributed by atoms with Gasteiger partial charge >= 0.3 is 0 Å². The first-order valence-electron chi connectivity index (χ1n) is 8.02. The molecule has 10 heteroatoms. The van der Waals surface area contributed by atoms with E-state index in [0.29, 0.717) is 0 Å². The maximum absolute atomic E-state index is 13.8. The van der Waals surface area contributed by atoms with Crippen molar-refractivity contribution in [2.24, 2.45) is 7.05 Å². The fourth-order valence-electron chi connectivity index (χ4n) is 2.68. The Bertz CT molecular complexity index is 892. The van der Waals surface area contributed by atoms with Crippen molar-refractivity contribution in [3.8, 4) is 0 Å². The SMILES string of the molecule is Cn1ccnc1SCC(=O)N1CCN(S(=O)(=O)c2ccccc2F)CC1. The lowest BCUT2D eigenvalue weighted by Crippen LogP contribution is -2.51. The molecule has 1 aliphatic heterocycles. The van der Waals surface area contributed by atoms with Crippen LogP contribution in [0.15, 0.2) is 46.7 Å². The number of hydrogen-bond acceptors (Lipinski definition) is 5. The van der Waals surface area contributed by atoms with Crippen LogP contribution in [0.3, 0.4) is 0 Å². The summed E-state index contributed by atoms with van der Waals surface area (Å²) in [6.07, 6.45) is 3.47. The highest BCUT2D eigenvalue weighted by Gasteiger charge is 2.31. The maximum atomic E-state index is 13.8. The van der Waals surface area contributed by atoms with Crippen molar-refractivity contribution in [1.29, 1.82) is 0 Å². The average molecular weight is 398 g/mol. The number of amides is 1. The van der Waals surface area contributed by atoms with Crippen LogP contribution in [0.1, 0.15) is 0 Å². The second-order valence-electron chi connectivity index (χ2n) is 5.82. The molecule has 1 fully saturated rings. The van der Waals surface area contributed by atoms with E-state index in [2.05, 4.69) is 4.98 Å². The number of aryl methyl sites for hydroxylation is 1. The van der Waals surface area contributed by atoms with Crippen LogP contribution in [-0.4, -0.2) is 65.0 Å². The van der Waals surface area contributed by atoms with Gasteiger partial charge in [-0.1, -0.05) is 23.9 Å². The Morgan fingerprint density at radius 1 is 1.23 bits per heavy atom. The second kappa shape index (κ2) is 7.77. The molecule has 26 heavy (non-hydrogen) atoms. The molecule has 0 radical (unpaired) electrons. The van der Waals surface area contributed by atoms with Gasteiger partial charge in [-0.05, 0) is 12.1 Å². The Hall–Kier alpha value is -1.91. The number of carbonyl (C=O) groups is 1. The summed E-state index contributed by atoms with van der Waals surface area (Å²) < 4.78 is 42.0. The highest BCUT2D eigenvalue weighted by atomic mass is 32.2. The molecule has 0 atom stereocenters. The number of carbonyl (C=O) groups excluding carboxylic acids is 1. The molecule has 2 aromatic rings. The number of sulfonamides is 1. The normalized spacial score (nSPS) is 16.0. The fourth-order valence-corrected chi connectivity index (χ4v) is 5.00. The minimum Gasteiger partial charge on any atom is -0.339 e. The summed E-state index contributed by atoms with van der Waals surface area (Å²) in [4.78, 5) is 17.8. The topological polar surface area (TPSA) is 75.5 Å². The van der Waals surface area contributed by atoms with Crippen LogP contribution in [0.4, 0.5) is 4.39 Å². The average Bonchev–Trinajstić information content (AvgIpc) is 3.05. The van der Waals surface area contributed by atoms with Crippen LogP contribution in [0.2, 0.25) is 0 Å². The van der Waals surface area contributed by atoms with Gasteiger partial charge < -0.3 is 9.47 Å². The second-order valence-corrected chi connectivity index (χ2v) is 8.67. The molecule has 0 N–H and O–H groups in total. The number of aromatic nitrogens is 2. The van der Waals surface area contributed by atoms with E-state index in [1.807, 2.05) is 11.6 Å². The zero-order valence-electron chi connectivity index (χ0n) is 14.2. The lowest BCUT2D eigenvalue weighted by Gasteiger charge is -2.34. The lowest BCUT2D eigenvalue weighted by molar-refractivity contribution is -0.129. The molecule has 1 amide bonds. The monoisotopic (exact) mass is 398 g/mol. The molecule has 0 bridgehead atoms. The summed E-state index contributed by atoms with van der Waals surface area (Å²) in [5.74, 6) is -0.594. The highest BCUT2D eigenvalue weighted by Crippen LogP contribution is 2.21. The Balaban J connectivity index is 1.58. The number of piperazine rings is 1. The zero-order valence-corrected chi connectivity index (χ0v) is 15.8. The van der Waals surface area contributed by atoms with Crippen LogP contribution in [0, 0.1) is 5.82 Å². The minimum atomic E-state index is -3.89. The molecule has 2 heterocycles. The van der Waals surface area contributed by atoms with Crippen molar-refractivity contribution < 1.29 is 17.6 Å². The van der Waals surface area contributed by atoms with Crippen molar-refractivity contribution in [2.45, 2.75) is 10.1 Å². The van der Waals surface area contributed by atoms with Gasteiger partial charge in [-0.15, -0.1) is 0 Å². The summed E-state index contributed by atoms with van der Waals surface area (Å²) >= 11 is 1.34. The summed E-state index contributed by atoms with van der Waals surface area (Å²) in [5.41, 5.74) is 0. The van der Waals surface area contributed by atoms with E-state index in [4.69, 9.17) is 0 Å². The van der Waals surface area contributed by atoms with Crippen LogP contribution < -0.4 is 0 Å². The minimum absolute atomic E-state index is 0.0686. The zero-order chi connectivity index (χ0) is 18.7. The van der Waals surface area contributed by atoms with Gasteiger partial charge in [-0.25, -0.2) is 17.8 Å². The largest absolute Gasteiger partial charge is 0.339 e. The van der Waals surface area contributed by atoms with Gasteiger partial charge in [0.25, 0.3) is 0 Å². The van der Waals surface area contributed by atoms with E-state index in [1.165, 1.54) is 34.3 Å². The van der Waals surface area contributed by atoms with Gasteiger partial charge in [-0.2, -0.15) is 4.31 Å². The summed E-state index contributed by atoms with van der Waals surface area (Å²) in [6.45, 7) is 0.867. The first-order chi connectivity index (χ1) is 12.4. The van der Waals surface area contributed by atoms with Gasteiger partial charge in [-0.3, -0.25) is 4.79 Å². The smallest absolute Gasteiger partial charge is 0.246 e. The van der Waals surface area contributed by atoms with E-state index >= 15 is 0 Å². The third-order valence-electron chi connectivity index (χ3n) is 4.15. The fraction of sp³-hybridized carbons (Fsp3) is 0.375. The van der Waals surface area contributed by atoms with E-state index in [0.717, 1.165) is 11.2 Å². The molecule has 0 spiro atoms. The quantitative estimate of drug-likeness (QED) is 0.707. The number of rotatable bonds is 5. The van der Waals surface area contributed by atoms with E-state index in [-0.39, 0.29) is 42.7 Å². The first-order valence-corrected chi connectivity index (χ1v) is 10.4. The van der Waals surface area contributed by atoms with Crippen LogP contribution in [-0.2, 0) is 21.9 Å². The molecule has 1 aliphatic rings. The highest BCUT2D eigenvalue weighted by molar-refractivity contribution is 7.99. The van der Waals surface area contributed by atoms with Gasteiger partial charge in [0.05, 0.1) is 5.75 Å². The number of thioether (sulfide) groups is 1. The standard InChI is InChI=1S/C16H19FN4O3S2/c1-19-7-6-18-16(19)25-12-15(22)20-8-10-21(11-9-20)26(23,24)14-5-3-2-4-13(14)17/h2-7H,8-12H2,1H3. The molecular formula is C16H19FN4O3S2. The summed E-state index contributed by atoms with van der Waals surface area (Å²) in [6, 6.07) is 5.32. The summed E-state index contributed by atoms with van der Waals surface area (Å²) in [7, 11) is -2.04. The first kappa shape index (κ1) is 18.9. The van der Waals surface area contributed by atoms with Crippen molar-refractivity contribution in [3.63, 3.8) is 0 Å². The lowest BCUT2D eigenvalue weighted by atomic mass is 10.3. The molecule has 3 rings (SSSR count). The van der Waals surface area contributed by atoms with Crippen LogP contribution >= 0.6 is 11.8 Å². The number of imidazole rings is 1. The van der Waals surface area contributed by atoms with Gasteiger partial charge in [0.15, 0.2) is 5.16 Å². The Kier molecular flexibility index (Phi) is 5.64. The van der Waals surface area contributed by atoms with Crippen molar-refractivity contribution >= 4 is 27.7 Å². The van der Waals surface area contributed by atoms with E-state index < -0.39 is 15.8 Å². The molecule has 7 nitrogen and oxygen atoms in total. The number of hydrogen-bond donors (Lipinski definition) is 0. The molecule has 0 saturated carbocycles. The summed E-state index contributed by atoms with van der Waals surface area (Å²) in [5, 5.41) is 0.749. The molecule has 1 saturated heterocycles. The Morgan fingerprint density at radius 3 is 2.54 bits per heavy atom. The molecule has 0 aliphatic carbocycles. The number of nitrogens with zero attached hydrogens (tertiary/aromatic N) is 4. The molecular weight excluding hydrogens is 379 g/mol. The van der Waals surface area contributed by atoms with E-state index in [9.17, 15) is 17.6 Å². The predicted molar refractivity (Wildman–Crippen MR) is 95.7 cm³/mol. The van der Waals surface area contributed by atoms with E-state index in [1.54, 1.807) is 17.3 Å². The van der Waals surface area contributed by atoms with Crippen molar-refractivity contribution in [2.75, 3.05) is 31.9 Å². The molecule has 1 aromatic carbocycles.